The van der Waals surface area contributed by atoms with Gasteiger partial charge in [-0.05, 0) is 50.9 Å². The number of morpholine rings is 1. The molecular formula is C30H48N4O5. The minimum absolute atomic E-state index is 0.0860. The Kier molecular flexibility index (Phi) is 11.0. The van der Waals surface area contributed by atoms with E-state index in [1.54, 1.807) is 17.0 Å². The summed E-state index contributed by atoms with van der Waals surface area (Å²) in [7, 11) is 2.17. The van der Waals surface area contributed by atoms with Crippen LogP contribution in [0.3, 0.4) is 0 Å². The second kappa shape index (κ2) is 14.4. The van der Waals surface area contributed by atoms with Gasteiger partial charge in [-0.15, -0.1) is 0 Å². The third-order valence-corrected chi connectivity index (χ3v) is 8.49. The van der Waals surface area contributed by atoms with E-state index in [9.17, 15) is 14.7 Å². The fourth-order valence-electron chi connectivity index (χ4n) is 6.02. The van der Waals surface area contributed by atoms with Gasteiger partial charge in [0.2, 0.25) is 5.91 Å². The van der Waals surface area contributed by atoms with Crippen molar-refractivity contribution in [1.29, 1.82) is 0 Å². The van der Waals surface area contributed by atoms with E-state index < -0.39 is 0 Å². The van der Waals surface area contributed by atoms with Gasteiger partial charge < -0.3 is 29.7 Å². The van der Waals surface area contributed by atoms with Gasteiger partial charge in [0.05, 0.1) is 31.4 Å². The number of aliphatic hydroxyl groups is 1. The summed E-state index contributed by atoms with van der Waals surface area (Å²) < 4.78 is 11.9. The summed E-state index contributed by atoms with van der Waals surface area (Å²) in [6, 6.07) is 5.02. The number of rotatable bonds is 10. The zero-order valence-corrected chi connectivity index (χ0v) is 24.1. The second-order valence-corrected chi connectivity index (χ2v) is 11.8. The molecule has 1 saturated heterocycles. The van der Waals surface area contributed by atoms with Crippen molar-refractivity contribution in [2.24, 2.45) is 11.8 Å². The first-order valence-electron chi connectivity index (χ1n) is 14.8. The molecule has 9 nitrogen and oxygen atoms in total. The number of hydrogen-bond acceptors (Lipinski definition) is 7. The fourth-order valence-corrected chi connectivity index (χ4v) is 6.02. The van der Waals surface area contributed by atoms with Crippen LogP contribution in [0, 0.1) is 11.8 Å². The summed E-state index contributed by atoms with van der Waals surface area (Å²) in [6.45, 7) is 9.97. The average molecular weight is 545 g/mol. The molecule has 0 aromatic heterocycles. The molecular weight excluding hydrogens is 496 g/mol. The molecule has 0 bridgehead atoms. The number of ether oxygens (including phenoxy) is 2. The van der Waals surface area contributed by atoms with Crippen LogP contribution in [0.25, 0.3) is 0 Å². The van der Waals surface area contributed by atoms with E-state index in [1.807, 2.05) is 13.0 Å². The zero-order valence-electron chi connectivity index (χ0n) is 24.1. The Bertz CT molecular complexity index is 947. The SMILES string of the molecule is C[C@H]1CN([C@@H](C)CO)C(=O)c2cc(NC(=O)CCN3CCOCC3)ccc2O[C@@H]1CN(C)CC1CCCCC1. The normalized spacial score (nSPS) is 24.0. The molecule has 1 aliphatic carbocycles. The largest absolute Gasteiger partial charge is 0.488 e. The molecule has 218 valence electrons. The number of amides is 2. The number of nitrogens with zero attached hydrogens (tertiary/aromatic N) is 3. The van der Waals surface area contributed by atoms with Crippen molar-refractivity contribution >= 4 is 17.5 Å². The Morgan fingerprint density at radius 3 is 2.64 bits per heavy atom. The number of hydrogen-bond donors (Lipinski definition) is 2. The lowest BCUT2D eigenvalue weighted by atomic mass is 9.89. The molecule has 0 radical (unpaired) electrons. The first kappa shape index (κ1) is 29.8. The van der Waals surface area contributed by atoms with E-state index in [2.05, 4.69) is 29.1 Å². The third-order valence-electron chi connectivity index (χ3n) is 8.49. The quantitative estimate of drug-likeness (QED) is 0.468. The summed E-state index contributed by atoms with van der Waals surface area (Å²) in [5.41, 5.74) is 1.00. The van der Waals surface area contributed by atoms with Gasteiger partial charge in [0.15, 0.2) is 0 Å². The van der Waals surface area contributed by atoms with Gasteiger partial charge in [-0.3, -0.25) is 14.5 Å². The van der Waals surface area contributed by atoms with Crippen LogP contribution >= 0.6 is 0 Å². The highest BCUT2D eigenvalue weighted by Crippen LogP contribution is 2.31. The molecule has 2 N–H and O–H groups in total. The van der Waals surface area contributed by atoms with E-state index in [-0.39, 0.29) is 36.5 Å². The molecule has 2 amide bonds. The average Bonchev–Trinajstić information content (AvgIpc) is 2.94. The molecule has 2 heterocycles. The smallest absolute Gasteiger partial charge is 0.258 e. The van der Waals surface area contributed by atoms with Gasteiger partial charge in [0.1, 0.15) is 11.9 Å². The van der Waals surface area contributed by atoms with Gasteiger partial charge in [-0.1, -0.05) is 26.2 Å². The Labute approximate surface area is 233 Å². The van der Waals surface area contributed by atoms with E-state index in [0.717, 1.165) is 32.1 Å². The number of nitrogens with one attached hydrogen (secondary N) is 1. The summed E-state index contributed by atoms with van der Waals surface area (Å²) in [6.07, 6.45) is 6.87. The van der Waals surface area contributed by atoms with Crippen molar-refractivity contribution in [3.05, 3.63) is 23.8 Å². The number of likely N-dealkylation sites (N-methyl/N-ethyl adjacent to an activating group) is 1. The number of aliphatic hydroxyl groups excluding tert-OH is 1. The van der Waals surface area contributed by atoms with E-state index >= 15 is 0 Å². The van der Waals surface area contributed by atoms with Crippen molar-refractivity contribution < 1.29 is 24.2 Å². The molecule has 2 fully saturated rings. The molecule has 4 rings (SSSR count). The van der Waals surface area contributed by atoms with Gasteiger partial charge in [0.25, 0.3) is 5.91 Å². The summed E-state index contributed by atoms with van der Waals surface area (Å²) >= 11 is 0. The minimum Gasteiger partial charge on any atom is -0.488 e. The van der Waals surface area contributed by atoms with Gasteiger partial charge in [-0.25, -0.2) is 0 Å². The Morgan fingerprint density at radius 1 is 1.18 bits per heavy atom. The van der Waals surface area contributed by atoms with Crippen LogP contribution < -0.4 is 10.1 Å². The number of carbonyl (C=O) groups is 2. The molecule has 3 atom stereocenters. The Balaban J connectivity index is 1.47. The first-order chi connectivity index (χ1) is 18.8. The van der Waals surface area contributed by atoms with Gasteiger partial charge >= 0.3 is 0 Å². The van der Waals surface area contributed by atoms with Crippen LogP contribution in [0.1, 0.15) is 62.7 Å². The summed E-state index contributed by atoms with van der Waals surface area (Å²) in [5, 5.41) is 12.9. The van der Waals surface area contributed by atoms with E-state index in [1.165, 1.54) is 32.1 Å². The number of fused-ring (bicyclic) bond motifs is 1. The monoisotopic (exact) mass is 544 g/mol. The summed E-state index contributed by atoms with van der Waals surface area (Å²) in [4.78, 5) is 32.7. The first-order valence-corrected chi connectivity index (χ1v) is 14.8. The zero-order chi connectivity index (χ0) is 27.8. The van der Waals surface area contributed by atoms with E-state index in [4.69, 9.17) is 9.47 Å². The molecule has 0 unspecified atom stereocenters. The lowest BCUT2D eigenvalue weighted by Crippen LogP contribution is -2.50. The maximum absolute atomic E-state index is 13.7. The molecule has 9 heteroatoms. The number of benzene rings is 1. The highest BCUT2D eigenvalue weighted by molar-refractivity contribution is 5.99. The molecule has 1 saturated carbocycles. The standard InChI is InChI=1S/C30H48N4O5/c1-22-18-34(23(2)21-35)30(37)26-17-25(31-29(36)11-12-33-13-15-38-16-14-33)9-10-27(26)39-28(22)20-32(3)19-24-7-5-4-6-8-24/h9-10,17,22-24,28,35H,4-8,11-16,18-21H2,1-3H3,(H,31,36)/t22-,23-,28+/m0/s1. The van der Waals surface area contributed by atoms with Crippen molar-refractivity contribution in [1.82, 2.24) is 14.7 Å². The van der Waals surface area contributed by atoms with Crippen LogP contribution in [0.4, 0.5) is 5.69 Å². The second-order valence-electron chi connectivity index (χ2n) is 11.8. The third kappa shape index (κ3) is 8.39. The van der Waals surface area contributed by atoms with Crippen molar-refractivity contribution in [3.8, 4) is 5.75 Å². The van der Waals surface area contributed by atoms with Crippen molar-refractivity contribution in [2.45, 2.75) is 64.5 Å². The maximum Gasteiger partial charge on any atom is 0.258 e. The number of carbonyl (C=O) groups excluding carboxylic acids is 2. The Hall–Kier alpha value is -2.20. The van der Waals surface area contributed by atoms with E-state index in [0.29, 0.717) is 49.7 Å². The minimum atomic E-state index is -0.321. The van der Waals surface area contributed by atoms with Gasteiger partial charge in [0, 0.05) is 57.3 Å². The van der Waals surface area contributed by atoms with Crippen molar-refractivity contribution in [2.75, 3.05) is 71.5 Å². The lowest BCUT2D eigenvalue weighted by molar-refractivity contribution is -0.116. The van der Waals surface area contributed by atoms with Crippen LogP contribution in [0.5, 0.6) is 5.75 Å². The topological polar surface area (TPSA) is 94.6 Å². The predicted octanol–water partition coefficient (Wildman–Crippen LogP) is 3.08. The fraction of sp³-hybridized carbons (Fsp3) is 0.733. The van der Waals surface area contributed by atoms with Crippen molar-refractivity contribution in [3.63, 3.8) is 0 Å². The molecule has 39 heavy (non-hydrogen) atoms. The molecule has 2 aliphatic heterocycles. The molecule has 1 aromatic carbocycles. The van der Waals surface area contributed by atoms with Crippen LogP contribution in [-0.4, -0.2) is 110 Å². The highest BCUT2D eigenvalue weighted by atomic mass is 16.5. The maximum atomic E-state index is 13.7. The van der Waals surface area contributed by atoms with Crippen LogP contribution in [-0.2, 0) is 9.53 Å². The van der Waals surface area contributed by atoms with Crippen LogP contribution in [0.15, 0.2) is 18.2 Å². The highest BCUT2D eigenvalue weighted by Gasteiger charge is 2.34. The van der Waals surface area contributed by atoms with Gasteiger partial charge in [-0.2, -0.15) is 0 Å². The summed E-state index contributed by atoms with van der Waals surface area (Å²) in [5.74, 6) is 1.09. The lowest BCUT2D eigenvalue weighted by Gasteiger charge is -2.38. The Morgan fingerprint density at radius 2 is 1.92 bits per heavy atom. The predicted molar refractivity (Wildman–Crippen MR) is 152 cm³/mol. The molecule has 1 aromatic rings. The molecule has 3 aliphatic rings. The van der Waals surface area contributed by atoms with Crippen LogP contribution in [0.2, 0.25) is 0 Å². The number of anilines is 1. The molecule has 0 spiro atoms.